The van der Waals surface area contributed by atoms with Gasteiger partial charge >= 0.3 is 0 Å². The maximum atomic E-state index is 12.0. The Hall–Kier alpha value is -3.35. The summed E-state index contributed by atoms with van der Waals surface area (Å²) in [6, 6.07) is 12.7. The topological polar surface area (TPSA) is 88.7 Å². The Labute approximate surface area is 144 Å². The lowest BCUT2D eigenvalue weighted by Gasteiger charge is -2.07. The van der Waals surface area contributed by atoms with Crippen molar-refractivity contribution >= 4 is 23.2 Å². The highest BCUT2D eigenvalue weighted by Crippen LogP contribution is 2.28. The van der Waals surface area contributed by atoms with Crippen molar-refractivity contribution in [3.63, 3.8) is 0 Å². The van der Waals surface area contributed by atoms with E-state index in [4.69, 9.17) is 4.74 Å². The average Bonchev–Trinajstić information content (AvgIpc) is 3.01. The Kier molecular flexibility index (Phi) is 4.94. The Balaban J connectivity index is 1.64. The molecule has 25 heavy (non-hydrogen) atoms. The molecule has 3 aromatic rings. The molecule has 1 aromatic heterocycles. The number of rotatable bonds is 6. The van der Waals surface area contributed by atoms with Gasteiger partial charge in [-0.1, -0.05) is 18.2 Å². The van der Waals surface area contributed by atoms with Gasteiger partial charge in [0.05, 0.1) is 30.2 Å². The predicted molar refractivity (Wildman–Crippen MR) is 94.7 cm³/mol. The highest BCUT2D eigenvalue weighted by atomic mass is 16.5. The molecule has 7 heteroatoms. The Morgan fingerprint density at radius 2 is 2.16 bits per heavy atom. The van der Waals surface area contributed by atoms with Crippen LogP contribution in [0.3, 0.4) is 0 Å². The second-order valence-corrected chi connectivity index (χ2v) is 5.28. The number of nitrogens with zero attached hydrogens (tertiary/aromatic N) is 3. The number of hydrogen-bond donors (Lipinski definition) is 2. The molecule has 1 amide bonds. The first-order chi connectivity index (χ1) is 12.2. The summed E-state index contributed by atoms with van der Waals surface area (Å²) in [4.78, 5) is 16.3. The van der Waals surface area contributed by atoms with Gasteiger partial charge in [-0.25, -0.2) is 10.4 Å². The van der Waals surface area contributed by atoms with Crippen molar-refractivity contribution in [1.29, 1.82) is 0 Å². The van der Waals surface area contributed by atoms with E-state index in [0.717, 1.165) is 11.0 Å². The molecule has 0 unspecified atom stereocenters. The second kappa shape index (κ2) is 7.48. The number of phenolic OH excluding ortho intramolecular Hbond substituents is 1. The van der Waals surface area contributed by atoms with Crippen LogP contribution in [0.15, 0.2) is 53.9 Å². The van der Waals surface area contributed by atoms with Crippen LogP contribution in [-0.4, -0.2) is 33.4 Å². The van der Waals surface area contributed by atoms with Crippen LogP contribution >= 0.6 is 0 Å². The van der Waals surface area contributed by atoms with Gasteiger partial charge < -0.3 is 14.4 Å². The molecule has 0 aliphatic carbocycles. The first-order valence-electron chi connectivity index (χ1n) is 7.85. The molecule has 2 aromatic carbocycles. The normalized spacial score (nSPS) is 11.1. The summed E-state index contributed by atoms with van der Waals surface area (Å²) in [5.41, 5.74) is 4.61. The van der Waals surface area contributed by atoms with Gasteiger partial charge in [-0.15, -0.1) is 0 Å². The number of benzene rings is 2. The van der Waals surface area contributed by atoms with Crippen LogP contribution in [0, 0.1) is 0 Å². The number of aromatic hydroxyl groups is 1. The zero-order valence-corrected chi connectivity index (χ0v) is 13.7. The molecule has 0 fully saturated rings. The molecule has 2 N–H and O–H groups in total. The monoisotopic (exact) mass is 338 g/mol. The van der Waals surface area contributed by atoms with Crippen LogP contribution < -0.4 is 10.2 Å². The van der Waals surface area contributed by atoms with E-state index in [9.17, 15) is 9.90 Å². The minimum absolute atomic E-state index is 0.0112. The maximum absolute atomic E-state index is 12.0. The van der Waals surface area contributed by atoms with E-state index in [1.54, 1.807) is 29.1 Å². The van der Waals surface area contributed by atoms with Crippen LogP contribution in [0.4, 0.5) is 0 Å². The predicted octanol–water partition coefficient (Wildman–Crippen LogP) is 2.29. The number of hydrogen-bond acceptors (Lipinski definition) is 5. The van der Waals surface area contributed by atoms with Gasteiger partial charge in [0.25, 0.3) is 5.91 Å². The summed E-state index contributed by atoms with van der Waals surface area (Å²) < 4.78 is 7.05. The van der Waals surface area contributed by atoms with Gasteiger partial charge in [0.2, 0.25) is 0 Å². The molecule has 0 radical (unpaired) electrons. The van der Waals surface area contributed by atoms with E-state index in [1.165, 1.54) is 6.21 Å². The maximum Gasteiger partial charge on any atom is 0.260 e. The van der Waals surface area contributed by atoms with Crippen LogP contribution in [-0.2, 0) is 11.3 Å². The Morgan fingerprint density at radius 3 is 3.00 bits per heavy atom. The van der Waals surface area contributed by atoms with Crippen molar-refractivity contribution in [1.82, 2.24) is 15.0 Å². The summed E-state index contributed by atoms with van der Waals surface area (Å²) in [6.07, 6.45) is 2.99. The molecular formula is C18H18N4O3. The molecule has 0 atom stereocenters. The minimum atomic E-state index is -0.292. The Morgan fingerprint density at radius 1 is 1.32 bits per heavy atom. The molecule has 0 bridgehead atoms. The van der Waals surface area contributed by atoms with Crippen LogP contribution in [0.2, 0.25) is 0 Å². The second-order valence-electron chi connectivity index (χ2n) is 5.28. The molecule has 128 valence electrons. The van der Waals surface area contributed by atoms with Gasteiger partial charge in [0.1, 0.15) is 6.54 Å². The number of nitrogens with one attached hydrogen (secondary N) is 1. The molecule has 0 saturated carbocycles. The first-order valence-corrected chi connectivity index (χ1v) is 7.85. The fraction of sp³-hybridized carbons (Fsp3) is 0.167. The number of ether oxygens (including phenoxy) is 1. The number of imidazole rings is 1. The summed E-state index contributed by atoms with van der Waals surface area (Å²) in [5.74, 6) is 0.0745. The third kappa shape index (κ3) is 3.77. The zero-order chi connectivity index (χ0) is 17.6. The fourth-order valence-electron chi connectivity index (χ4n) is 2.42. The molecule has 0 aliphatic rings. The first kappa shape index (κ1) is 16.5. The minimum Gasteiger partial charge on any atom is -0.504 e. The molecule has 1 heterocycles. The fourth-order valence-corrected chi connectivity index (χ4v) is 2.42. The van der Waals surface area contributed by atoms with E-state index < -0.39 is 0 Å². The summed E-state index contributed by atoms with van der Waals surface area (Å²) in [5, 5.41) is 14.0. The van der Waals surface area contributed by atoms with Gasteiger partial charge in [0, 0.05) is 5.56 Å². The van der Waals surface area contributed by atoms with Crippen LogP contribution in [0.25, 0.3) is 11.0 Å². The lowest BCUT2D eigenvalue weighted by molar-refractivity contribution is -0.121. The average molecular weight is 338 g/mol. The smallest absolute Gasteiger partial charge is 0.260 e. The van der Waals surface area contributed by atoms with Crippen molar-refractivity contribution in [2.45, 2.75) is 13.5 Å². The van der Waals surface area contributed by atoms with Crippen LogP contribution in [0.1, 0.15) is 12.5 Å². The molecule has 0 spiro atoms. The molecule has 0 saturated heterocycles. The zero-order valence-electron chi connectivity index (χ0n) is 13.7. The molecule has 7 nitrogen and oxygen atoms in total. The Bertz CT molecular complexity index is 918. The molecule has 3 rings (SSSR count). The lowest BCUT2D eigenvalue weighted by atomic mass is 10.2. The standard InChI is InChI=1S/C18H18N4O3/c1-2-25-16-9-5-6-13(18(16)24)10-20-21-17(23)11-22-12-19-14-7-3-4-8-15(14)22/h3-10,12,24H,2,11H2,1H3,(H,21,23)/b20-10+. The number of carbonyl (C=O) groups excluding carboxylic acids is 1. The van der Waals surface area contributed by atoms with Gasteiger partial charge in [-0.2, -0.15) is 5.10 Å². The van der Waals surface area contributed by atoms with Crippen molar-refractivity contribution in [2.24, 2.45) is 5.10 Å². The van der Waals surface area contributed by atoms with Crippen molar-refractivity contribution < 1.29 is 14.6 Å². The van der Waals surface area contributed by atoms with E-state index in [2.05, 4.69) is 15.5 Å². The quantitative estimate of drug-likeness (QED) is 0.533. The van der Waals surface area contributed by atoms with Crippen molar-refractivity contribution in [3.05, 3.63) is 54.4 Å². The van der Waals surface area contributed by atoms with Crippen molar-refractivity contribution in [3.8, 4) is 11.5 Å². The molecular weight excluding hydrogens is 320 g/mol. The SMILES string of the molecule is CCOc1cccc(/C=N/NC(=O)Cn2cnc3ccccc32)c1O. The van der Waals surface area contributed by atoms with E-state index in [0.29, 0.717) is 17.9 Å². The van der Waals surface area contributed by atoms with Gasteiger partial charge in [-0.05, 0) is 31.2 Å². The number of fused-ring (bicyclic) bond motifs is 1. The number of carbonyl (C=O) groups is 1. The molecule has 0 aliphatic heterocycles. The third-order valence-corrected chi connectivity index (χ3v) is 3.56. The van der Waals surface area contributed by atoms with Gasteiger partial charge in [0.15, 0.2) is 11.5 Å². The number of hydrazone groups is 1. The number of amides is 1. The number of aromatic nitrogens is 2. The number of para-hydroxylation sites is 3. The largest absolute Gasteiger partial charge is 0.504 e. The highest BCUT2D eigenvalue weighted by molar-refractivity contribution is 5.86. The highest BCUT2D eigenvalue weighted by Gasteiger charge is 2.07. The summed E-state index contributed by atoms with van der Waals surface area (Å²) in [6.45, 7) is 2.38. The van der Waals surface area contributed by atoms with Crippen molar-refractivity contribution in [2.75, 3.05) is 6.61 Å². The van der Waals surface area contributed by atoms with E-state index in [-0.39, 0.29) is 18.2 Å². The van der Waals surface area contributed by atoms with E-state index >= 15 is 0 Å². The third-order valence-electron chi connectivity index (χ3n) is 3.56. The van der Waals surface area contributed by atoms with E-state index in [1.807, 2.05) is 31.2 Å². The lowest BCUT2D eigenvalue weighted by Crippen LogP contribution is -2.22. The number of phenols is 1. The summed E-state index contributed by atoms with van der Waals surface area (Å²) >= 11 is 0. The summed E-state index contributed by atoms with van der Waals surface area (Å²) in [7, 11) is 0. The van der Waals surface area contributed by atoms with Gasteiger partial charge in [-0.3, -0.25) is 4.79 Å². The van der Waals surface area contributed by atoms with Crippen LogP contribution in [0.5, 0.6) is 11.5 Å².